The number of carbonyl (C=O) groups is 3. The number of aromatic carboxylic acids is 1. The summed E-state index contributed by atoms with van der Waals surface area (Å²) in [5.74, 6) is -2.57. The Bertz CT molecular complexity index is 1920. The maximum absolute atomic E-state index is 13.4. The number of tetrazole rings is 1. The summed E-state index contributed by atoms with van der Waals surface area (Å²) in [6.07, 6.45) is 1.21. The topological polar surface area (TPSA) is 187 Å². The Morgan fingerprint density at radius 2 is 1.98 bits per heavy atom. The number of hydrogen-bond donors (Lipinski definition) is 3. The lowest BCUT2D eigenvalue weighted by molar-refractivity contribution is 0.0695. The number of fused-ring (bicyclic) bond motifs is 3. The summed E-state index contributed by atoms with van der Waals surface area (Å²) in [5.41, 5.74) is 4.38. The minimum Gasteiger partial charge on any atom is -0.478 e. The molecule has 0 fully saturated rings. The van der Waals surface area contributed by atoms with Crippen LogP contribution in [0.1, 0.15) is 66.1 Å². The summed E-state index contributed by atoms with van der Waals surface area (Å²) in [4.78, 5) is 53.8. The molecule has 0 spiro atoms. The highest BCUT2D eigenvalue weighted by atomic mass is 16.4. The van der Waals surface area contributed by atoms with Gasteiger partial charge in [-0.25, -0.2) is 14.6 Å². The SMILES string of the molecule is Cc1c(C(=O)O)ccc2c1CC[C@@H]2NC(=O)c1cc(C(=O)NCc2ccc3oc(=O)n(C)c3c2)nc2nnnn12. The third-order valence-corrected chi connectivity index (χ3v) is 7.18. The van der Waals surface area contributed by atoms with Crippen LogP contribution in [0.25, 0.3) is 16.9 Å². The Morgan fingerprint density at radius 3 is 2.77 bits per heavy atom. The van der Waals surface area contributed by atoms with Gasteiger partial charge < -0.3 is 20.2 Å². The zero-order chi connectivity index (χ0) is 28.1. The van der Waals surface area contributed by atoms with Crippen LogP contribution in [0, 0.1) is 6.92 Å². The molecule has 2 aromatic carbocycles. The van der Waals surface area contributed by atoms with Crippen LogP contribution >= 0.6 is 0 Å². The van der Waals surface area contributed by atoms with E-state index >= 15 is 0 Å². The van der Waals surface area contributed by atoms with Gasteiger partial charge in [0.25, 0.3) is 17.6 Å². The van der Waals surface area contributed by atoms with Gasteiger partial charge in [-0.3, -0.25) is 14.2 Å². The molecule has 2 amide bonds. The maximum Gasteiger partial charge on any atom is 0.419 e. The normalized spacial score (nSPS) is 14.4. The molecule has 14 heteroatoms. The van der Waals surface area contributed by atoms with Crippen molar-refractivity contribution in [2.24, 2.45) is 7.05 Å². The number of amides is 2. The minimum atomic E-state index is -0.996. The summed E-state index contributed by atoms with van der Waals surface area (Å²) in [7, 11) is 1.59. The van der Waals surface area contributed by atoms with Gasteiger partial charge in [-0.1, -0.05) is 17.2 Å². The number of hydrogen-bond acceptors (Lipinski definition) is 9. The van der Waals surface area contributed by atoms with Gasteiger partial charge in [-0.15, -0.1) is 0 Å². The highest BCUT2D eigenvalue weighted by Crippen LogP contribution is 2.35. The van der Waals surface area contributed by atoms with E-state index in [1.165, 1.54) is 10.6 Å². The molecule has 0 bridgehead atoms. The van der Waals surface area contributed by atoms with E-state index < -0.39 is 23.5 Å². The molecule has 0 saturated heterocycles. The van der Waals surface area contributed by atoms with Crippen molar-refractivity contribution >= 4 is 34.7 Å². The lowest BCUT2D eigenvalue weighted by atomic mass is 9.98. The average molecular weight is 543 g/mol. The van der Waals surface area contributed by atoms with E-state index in [1.807, 2.05) is 0 Å². The average Bonchev–Trinajstić information content (AvgIpc) is 3.65. The molecule has 6 rings (SSSR count). The van der Waals surface area contributed by atoms with Crippen LogP contribution in [0.5, 0.6) is 0 Å². The van der Waals surface area contributed by atoms with E-state index in [1.54, 1.807) is 44.3 Å². The number of oxazole rings is 1. The first-order valence-electron chi connectivity index (χ1n) is 12.3. The minimum absolute atomic E-state index is 0.0160. The second-order valence-electron chi connectivity index (χ2n) is 9.50. The van der Waals surface area contributed by atoms with Crippen molar-refractivity contribution in [2.75, 3.05) is 0 Å². The van der Waals surface area contributed by atoms with Crippen LogP contribution in [0.4, 0.5) is 0 Å². The molecule has 3 heterocycles. The summed E-state index contributed by atoms with van der Waals surface area (Å²) in [6.45, 7) is 1.89. The van der Waals surface area contributed by atoms with E-state index in [4.69, 9.17) is 4.42 Å². The number of carbonyl (C=O) groups excluding carboxylic acids is 2. The fourth-order valence-corrected chi connectivity index (χ4v) is 5.07. The van der Waals surface area contributed by atoms with E-state index in [0.717, 1.165) is 21.2 Å². The second kappa shape index (κ2) is 9.41. The highest BCUT2D eigenvalue weighted by Gasteiger charge is 2.29. The van der Waals surface area contributed by atoms with E-state index in [0.29, 0.717) is 29.5 Å². The summed E-state index contributed by atoms with van der Waals surface area (Å²) in [5, 5.41) is 26.4. The van der Waals surface area contributed by atoms with Crippen LogP contribution in [0.3, 0.4) is 0 Å². The van der Waals surface area contributed by atoms with Crippen molar-refractivity contribution in [1.82, 2.24) is 40.2 Å². The van der Waals surface area contributed by atoms with Gasteiger partial charge >= 0.3 is 11.7 Å². The van der Waals surface area contributed by atoms with E-state index in [2.05, 4.69) is 31.1 Å². The molecule has 0 saturated carbocycles. The highest BCUT2D eigenvalue weighted by molar-refractivity contribution is 5.98. The molecular formula is C26H22N8O6. The van der Waals surface area contributed by atoms with Crippen LogP contribution in [0.15, 0.2) is 45.6 Å². The zero-order valence-corrected chi connectivity index (χ0v) is 21.3. The number of rotatable bonds is 6. The molecule has 0 aliphatic heterocycles. The number of aryl methyl sites for hydroxylation is 1. The molecule has 5 aromatic rings. The number of carboxylic acids is 1. The smallest absolute Gasteiger partial charge is 0.419 e. The van der Waals surface area contributed by atoms with Crippen molar-refractivity contribution in [1.29, 1.82) is 0 Å². The molecule has 0 radical (unpaired) electrons. The number of nitrogens with one attached hydrogen (secondary N) is 2. The zero-order valence-electron chi connectivity index (χ0n) is 21.3. The fourth-order valence-electron chi connectivity index (χ4n) is 5.07. The Hall–Kier alpha value is -5.40. The van der Waals surface area contributed by atoms with E-state index in [-0.39, 0.29) is 35.3 Å². The van der Waals surface area contributed by atoms with Crippen LogP contribution in [-0.4, -0.2) is 52.5 Å². The van der Waals surface area contributed by atoms with Gasteiger partial charge in [-0.2, -0.15) is 4.52 Å². The number of benzene rings is 2. The Kier molecular flexibility index (Phi) is 5.86. The van der Waals surface area contributed by atoms with Crippen molar-refractivity contribution in [3.8, 4) is 0 Å². The van der Waals surface area contributed by atoms with Crippen molar-refractivity contribution in [2.45, 2.75) is 32.4 Å². The van der Waals surface area contributed by atoms with Gasteiger partial charge in [0.15, 0.2) is 5.58 Å². The Morgan fingerprint density at radius 1 is 1.15 bits per heavy atom. The molecular weight excluding hydrogens is 520 g/mol. The first-order chi connectivity index (χ1) is 19.2. The Labute approximate surface area is 224 Å². The lowest BCUT2D eigenvalue weighted by Crippen LogP contribution is -2.30. The molecule has 1 aliphatic rings. The first-order valence-corrected chi connectivity index (χ1v) is 12.3. The first kappa shape index (κ1) is 24.9. The van der Waals surface area contributed by atoms with Crippen molar-refractivity contribution < 1.29 is 23.9 Å². The molecule has 14 nitrogen and oxygen atoms in total. The van der Waals surface area contributed by atoms with Gasteiger partial charge in [-0.05, 0) is 70.6 Å². The lowest BCUT2D eigenvalue weighted by Gasteiger charge is -2.16. The summed E-state index contributed by atoms with van der Waals surface area (Å²) in [6, 6.07) is 9.34. The fraction of sp³-hybridized carbons (Fsp3) is 0.231. The molecule has 1 aliphatic carbocycles. The molecule has 3 aromatic heterocycles. The molecule has 202 valence electrons. The van der Waals surface area contributed by atoms with Gasteiger partial charge in [0.05, 0.1) is 17.1 Å². The monoisotopic (exact) mass is 542 g/mol. The summed E-state index contributed by atoms with van der Waals surface area (Å²) < 4.78 is 7.65. The van der Waals surface area contributed by atoms with Crippen molar-refractivity contribution in [3.63, 3.8) is 0 Å². The summed E-state index contributed by atoms with van der Waals surface area (Å²) >= 11 is 0. The van der Waals surface area contributed by atoms with Gasteiger partial charge in [0.1, 0.15) is 11.4 Å². The Balaban J connectivity index is 1.23. The van der Waals surface area contributed by atoms with Crippen LogP contribution < -0.4 is 16.4 Å². The van der Waals surface area contributed by atoms with Gasteiger partial charge in [0, 0.05) is 19.7 Å². The van der Waals surface area contributed by atoms with Crippen LogP contribution in [-0.2, 0) is 20.0 Å². The molecule has 0 unspecified atom stereocenters. The number of nitrogens with zero attached hydrogens (tertiary/aromatic N) is 6. The second-order valence-corrected chi connectivity index (χ2v) is 9.50. The predicted octanol–water partition coefficient (Wildman–Crippen LogP) is 1.32. The molecule has 1 atom stereocenters. The quantitative estimate of drug-likeness (QED) is 0.282. The number of carboxylic acid groups (broad SMARTS) is 1. The number of aromatic nitrogens is 6. The van der Waals surface area contributed by atoms with Gasteiger partial charge in [0.2, 0.25) is 0 Å². The third kappa shape index (κ3) is 4.15. The maximum atomic E-state index is 13.4. The standard InChI is InChI=1S/C26H22N8O6/c1-12-14-6-7-17(16(14)5-4-15(12)24(37)38)28-23(36)20-10-18(29-25-30-31-32-34(20)25)22(35)27-11-13-3-8-21-19(9-13)33(2)26(39)40-21/h3-5,8-10,17H,6-7,11H2,1-2H3,(H,27,35)(H,28,36)(H,37,38)/t17-/m0/s1. The molecule has 40 heavy (non-hydrogen) atoms. The van der Waals surface area contributed by atoms with E-state index in [9.17, 15) is 24.3 Å². The van der Waals surface area contributed by atoms with Crippen molar-refractivity contribution in [3.05, 3.63) is 86.2 Å². The predicted molar refractivity (Wildman–Crippen MR) is 138 cm³/mol. The largest absolute Gasteiger partial charge is 0.478 e. The van der Waals surface area contributed by atoms with Crippen LogP contribution in [0.2, 0.25) is 0 Å². The third-order valence-electron chi connectivity index (χ3n) is 7.18. The molecule has 3 N–H and O–H groups in total.